The van der Waals surface area contributed by atoms with Gasteiger partial charge in [-0.1, -0.05) is 13.8 Å². The van der Waals surface area contributed by atoms with E-state index in [0.29, 0.717) is 0 Å². The molecule has 0 bridgehead atoms. The number of rotatable bonds is 4. The number of hydrogen-bond donors (Lipinski definition) is 3. The molecule has 1 heterocycles. The van der Waals surface area contributed by atoms with Gasteiger partial charge in [-0.25, -0.2) is 0 Å². The van der Waals surface area contributed by atoms with Crippen LogP contribution in [-0.4, -0.2) is 37.0 Å². The normalized spacial score (nSPS) is 18.5. The van der Waals surface area contributed by atoms with E-state index >= 15 is 0 Å². The van der Waals surface area contributed by atoms with E-state index in [2.05, 4.69) is 19.2 Å². The van der Waals surface area contributed by atoms with E-state index in [1.165, 1.54) is 0 Å². The van der Waals surface area contributed by atoms with Gasteiger partial charge in [0.05, 0.1) is 0 Å². The summed E-state index contributed by atoms with van der Waals surface area (Å²) in [6, 6.07) is 0. The number of nitrogens with zero attached hydrogens (tertiary/aromatic N) is 1. The lowest BCUT2D eigenvalue weighted by atomic mass is 9.97. The van der Waals surface area contributed by atoms with Crippen LogP contribution < -0.4 is 11.1 Å². The van der Waals surface area contributed by atoms with Crippen molar-refractivity contribution in [2.24, 2.45) is 17.6 Å². The summed E-state index contributed by atoms with van der Waals surface area (Å²) in [4.78, 5) is 1.96. The standard InChI is InChI=1S/C11H24N4/c1-9(2)7-14-8-10-3-5-15(6-4-10)11(12)13/h9-10,14H,3-8H2,1-2H3,(H3,12,13). The van der Waals surface area contributed by atoms with Gasteiger partial charge in [-0.3, -0.25) is 5.41 Å². The van der Waals surface area contributed by atoms with Crippen molar-refractivity contribution in [2.75, 3.05) is 26.2 Å². The smallest absolute Gasteiger partial charge is 0.188 e. The SMILES string of the molecule is CC(C)CNCC1CCN(C(=N)N)CC1. The van der Waals surface area contributed by atoms with Gasteiger partial charge in [0, 0.05) is 13.1 Å². The Kier molecular flexibility index (Phi) is 4.88. The Hall–Kier alpha value is -0.770. The Balaban J connectivity index is 2.12. The summed E-state index contributed by atoms with van der Waals surface area (Å²) in [6.07, 6.45) is 2.31. The molecule has 4 heteroatoms. The predicted octanol–water partition coefficient (Wildman–Crippen LogP) is 0.837. The van der Waals surface area contributed by atoms with E-state index in [1.54, 1.807) is 0 Å². The third-order valence-corrected chi connectivity index (χ3v) is 2.94. The Morgan fingerprint density at radius 2 is 2.07 bits per heavy atom. The molecule has 0 aromatic rings. The fourth-order valence-corrected chi connectivity index (χ4v) is 1.95. The molecule has 0 radical (unpaired) electrons. The molecule has 1 fully saturated rings. The van der Waals surface area contributed by atoms with Crippen molar-refractivity contribution in [1.82, 2.24) is 10.2 Å². The van der Waals surface area contributed by atoms with Crippen LogP contribution in [0.25, 0.3) is 0 Å². The fraction of sp³-hybridized carbons (Fsp3) is 0.909. The number of nitrogens with two attached hydrogens (primary N) is 1. The topological polar surface area (TPSA) is 65.1 Å². The van der Waals surface area contributed by atoms with Crippen LogP contribution in [0, 0.1) is 17.2 Å². The van der Waals surface area contributed by atoms with Crippen molar-refractivity contribution in [3.05, 3.63) is 0 Å². The number of hydrogen-bond acceptors (Lipinski definition) is 2. The molecule has 0 aromatic carbocycles. The average molecular weight is 212 g/mol. The van der Waals surface area contributed by atoms with Gasteiger partial charge in [0.25, 0.3) is 0 Å². The van der Waals surface area contributed by atoms with Gasteiger partial charge in [0.1, 0.15) is 0 Å². The summed E-state index contributed by atoms with van der Waals surface area (Å²) in [5, 5.41) is 10.8. The zero-order chi connectivity index (χ0) is 11.3. The third kappa shape index (κ3) is 4.51. The second-order valence-electron chi connectivity index (χ2n) is 4.87. The molecule has 1 saturated heterocycles. The van der Waals surface area contributed by atoms with Crippen LogP contribution in [0.5, 0.6) is 0 Å². The van der Waals surface area contributed by atoms with E-state index in [-0.39, 0.29) is 5.96 Å². The van der Waals surface area contributed by atoms with Gasteiger partial charge < -0.3 is 16.0 Å². The fourth-order valence-electron chi connectivity index (χ4n) is 1.95. The summed E-state index contributed by atoms with van der Waals surface area (Å²) < 4.78 is 0. The van der Waals surface area contributed by atoms with Gasteiger partial charge in [-0.05, 0) is 37.8 Å². The molecule has 4 N–H and O–H groups in total. The second-order valence-corrected chi connectivity index (χ2v) is 4.87. The van der Waals surface area contributed by atoms with Crippen LogP contribution in [0.15, 0.2) is 0 Å². The average Bonchev–Trinajstić information content (AvgIpc) is 2.18. The Morgan fingerprint density at radius 1 is 1.47 bits per heavy atom. The zero-order valence-corrected chi connectivity index (χ0v) is 9.92. The lowest BCUT2D eigenvalue weighted by Gasteiger charge is -2.32. The molecular formula is C11H24N4. The van der Waals surface area contributed by atoms with Crippen LogP contribution >= 0.6 is 0 Å². The highest BCUT2D eigenvalue weighted by Gasteiger charge is 2.19. The van der Waals surface area contributed by atoms with Crippen molar-refractivity contribution in [3.8, 4) is 0 Å². The molecule has 1 aliphatic heterocycles. The molecule has 1 rings (SSSR count). The molecule has 0 aromatic heterocycles. The molecular weight excluding hydrogens is 188 g/mol. The molecule has 1 aliphatic rings. The lowest BCUT2D eigenvalue weighted by Crippen LogP contribution is -2.43. The largest absolute Gasteiger partial charge is 0.370 e. The minimum Gasteiger partial charge on any atom is -0.370 e. The van der Waals surface area contributed by atoms with Crippen LogP contribution in [0.1, 0.15) is 26.7 Å². The highest BCUT2D eigenvalue weighted by atomic mass is 15.2. The monoisotopic (exact) mass is 212 g/mol. The quantitative estimate of drug-likeness (QED) is 0.478. The highest BCUT2D eigenvalue weighted by Crippen LogP contribution is 2.15. The third-order valence-electron chi connectivity index (χ3n) is 2.94. The summed E-state index contributed by atoms with van der Waals surface area (Å²) in [7, 11) is 0. The number of likely N-dealkylation sites (tertiary alicyclic amines) is 1. The first kappa shape index (κ1) is 12.3. The van der Waals surface area contributed by atoms with Gasteiger partial charge in [0.15, 0.2) is 5.96 Å². The number of piperidine rings is 1. The number of nitrogens with one attached hydrogen (secondary N) is 2. The summed E-state index contributed by atoms with van der Waals surface area (Å²) >= 11 is 0. The Morgan fingerprint density at radius 3 is 2.53 bits per heavy atom. The van der Waals surface area contributed by atoms with Crippen LogP contribution in [0.4, 0.5) is 0 Å². The minimum absolute atomic E-state index is 0.226. The molecule has 0 saturated carbocycles. The maximum Gasteiger partial charge on any atom is 0.188 e. The first-order valence-electron chi connectivity index (χ1n) is 5.89. The molecule has 0 amide bonds. The molecule has 0 spiro atoms. The molecule has 0 unspecified atom stereocenters. The molecule has 88 valence electrons. The van der Waals surface area contributed by atoms with E-state index < -0.39 is 0 Å². The van der Waals surface area contributed by atoms with E-state index in [4.69, 9.17) is 11.1 Å². The van der Waals surface area contributed by atoms with Crippen molar-refractivity contribution < 1.29 is 0 Å². The van der Waals surface area contributed by atoms with Crippen LogP contribution in [-0.2, 0) is 0 Å². The molecule has 0 atom stereocenters. The molecule has 15 heavy (non-hydrogen) atoms. The van der Waals surface area contributed by atoms with Gasteiger partial charge >= 0.3 is 0 Å². The maximum atomic E-state index is 7.34. The Labute approximate surface area is 92.7 Å². The van der Waals surface area contributed by atoms with Crippen LogP contribution in [0.3, 0.4) is 0 Å². The Bertz CT molecular complexity index is 195. The first-order valence-corrected chi connectivity index (χ1v) is 5.89. The summed E-state index contributed by atoms with van der Waals surface area (Å²) in [5.41, 5.74) is 5.45. The van der Waals surface area contributed by atoms with Crippen molar-refractivity contribution in [3.63, 3.8) is 0 Å². The van der Waals surface area contributed by atoms with Gasteiger partial charge in [-0.15, -0.1) is 0 Å². The van der Waals surface area contributed by atoms with Gasteiger partial charge in [-0.2, -0.15) is 0 Å². The minimum atomic E-state index is 0.226. The lowest BCUT2D eigenvalue weighted by molar-refractivity contribution is 0.255. The zero-order valence-electron chi connectivity index (χ0n) is 9.92. The van der Waals surface area contributed by atoms with Crippen molar-refractivity contribution >= 4 is 5.96 Å². The van der Waals surface area contributed by atoms with Crippen molar-refractivity contribution in [1.29, 1.82) is 5.41 Å². The van der Waals surface area contributed by atoms with E-state index in [1.807, 2.05) is 4.90 Å². The number of guanidine groups is 1. The van der Waals surface area contributed by atoms with Gasteiger partial charge in [0.2, 0.25) is 0 Å². The van der Waals surface area contributed by atoms with E-state index in [0.717, 1.165) is 50.9 Å². The predicted molar refractivity (Wildman–Crippen MR) is 63.9 cm³/mol. The van der Waals surface area contributed by atoms with Crippen molar-refractivity contribution in [2.45, 2.75) is 26.7 Å². The first-order chi connectivity index (χ1) is 7.09. The molecule has 4 nitrogen and oxygen atoms in total. The van der Waals surface area contributed by atoms with E-state index in [9.17, 15) is 0 Å². The second kappa shape index (κ2) is 5.95. The van der Waals surface area contributed by atoms with Crippen LogP contribution in [0.2, 0.25) is 0 Å². The molecule has 0 aliphatic carbocycles. The summed E-state index contributed by atoms with van der Waals surface area (Å²) in [5.74, 6) is 1.71. The maximum absolute atomic E-state index is 7.34. The summed E-state index contributed by atoms with van der Waals surface area (Å²) in [6.45, 7) is 8.57. The highest BCUT2D eigenvalue weighted by molar-refractivity contribution is 5.74.